The number of rotatable bonds is 7. The molecule has 0 spiro atoms. The summed E-state index contributed by atoms with van der Waals surface area (Å²) in [5, 5.41) is 9.73. The second-order valence-corrected chi connectivity index (χ2v) is 14.1. The fourth-order valence-corrected chi connectivity index (χ4v) is 6.34. The Labute approximate surface area is 252 Å². The van der Waals surface area contributed by atoms with Crippen LogP contribution in [0, 0.1) is 13.8 Å². The van der Waals surface area contributed by atoms with Gasteiger partial charge in [-0.2, -0.15) is 0 Å². The molecule has 0 radical (unpaired) electrons. The topological polar surface area (TPSA) is 124 Å². The van der Waals surface area contributed by atoms with Gasteiger partial charge in [-0.1, -0.05) is 29.8 Å². The van der Waals surface area contributed by atoms with Crippen LogP contribution in [0.1, 0.15) is 56.1 Å². The van der Waals surface area contributed by atoms with Crippen molar-refractivity contribution in [3.05, 3.63) is 71.5 Å². The summed E-state index contributed by atoms with van der Waals surface area (Å²) >= 11 is 0. The van der Waals surface area contributed by atoms with Crippen molar-refractivity contribution in [2.45, 2.75) is 70.7 Å². The molecule has 2 aromatic carbocycles. The van der Waals surface area contributed by atoms with Crippen LogP contribution in [0.4, 0.5) is 0 Å². The third-order valence-corrected chi connectivity index (χ3v) is 9.87. The summed E-state index contributed by atoms with van der Waals surface area (Å²) in [4.78, 5) is 24.1. The Morgan fingerprint density at radius 2 is 1.70 bits per heavy atom. The maximum atomic E-state index is 13.9. The highest BCUT2D eigenvalue weighted by atomic mass is 32.2. The predicted octanol–water partition coefficient (Wildman–Crippen LogP) is 3.70. The quantitative estimate of drug-likeness (QED) is 0.317. The molecular weight excluding hydrogens is 567 g/mol. The van der Waals surface area contributed by atoms with Crippen LogP contribution < -0.4 is 5.59 Å². The molecule has 0 unspecified atom stereocenters. The monoisotopic (exact) mass is 604 g/mol. The van der Waals surface area contributed by atoms with Crippen LogP contribution in [-0.4, -0.2) is 76.3 Å². The molecule has 226 valence electrons. The molecule has 1 aliphatic heterocycles. The highest BCUT2D eigenvalue weighted by Gasteiger charge is 2.52. The molecule has 12 heteroatoms. The van der Waals surface area contributed by atoms with Crippen LogP contribution in [0.3, 0.4) is 0 Å². The Morgan fingerprint density at radius 1 is 1.07 bits per heavy atom. The minimum atomic E-state index is -4.03. The van der Waals surface area contributed by atoms with Crippen molar-refractivity contribution in [2.75, 3.05) is 13.6 Å². The molecule has 0 aliphatic carbocycles. The van der Waals surface area contributed by atoms with Crippen molar-refractivity contribution in [3.8, 4) is 11.1 Å². The van der Waals surface area contributed by atoms with Gasteiger partial charge < -0.3 is 19.3 Å². The largest absolute Gasteiger partial charge is 0.516 e. The van der Waals surface area contributed by atoms with Gasteiger partial charge in [0.15, 0.2) is 5.65 Å². The lowest BCUT2D eigenvalue weighted by atomic mass is 9.85. The number of benzene rings is 2. The Kier molecular flexibility index (Phi) is 7.79. The van der Waals surface area contributed by atoms with E-state index < -0.39 is 34.4 Å². The van der Waals surface area contributed by atoms with E-state index in [1.54, 1.807) is 50.4 Å². The number of fused-ring (bicyclic) bond motifs is 1. The van der Waals surface area contributed by atoms with E-state index in [-0.39, 0.29) is 23.0 Å². The van der Waals surface area contributed by atoms with E-state index >= 15 is 0 Å². The van der Waals surface area contributed by atoms with Gasteiger partial charge in [0.2, 0.25) is 0 Å². The van der Waals surface area contributed by atoms with Gasteiger partial charge in [0.05, 0.1) is 27.8 Å². The number of hydrogen-bond donors (Lipinski definition) is 1. The van der Waals surface area contributed by atoms with E-state index in [0.717, 1.165) is 9.54 Å². The van der Waals surface area contributed by atoms with Gasteiger partial charge in [0.1, 0.15) is 5.52 Å². The minimum absolute atomic E-state index is 0.122. The summed E-state index contributed by atoms with van der Waals surface area (Å²) in [5.41, 5.74) is 3.03. The molecule has 1 aliphatic rings. The number of aryl methyl sites for hydroxylation is 2. The summed E-state index contributed by atoms with van der Waals surface area (Å²) in [5.74, 6) is -0.225. The number of carbonyl (C=O) groups excluding carboxylic acids is 1. The van der Waals surface area contributed by atoms with Gasteiger partial charge in [-0.25, -0.2) is 17.4 Å². The maximum absolute atomic E-state index is 13.9. The Balaban J connectivity index is 1.66. The van der Waals surface area contributed by atoms with Crippen LogP contribution in [0.2, 0.25) is 0 Å². The number of carbonyl (C=O) groups is 1. The second-order valence-electron chi connectivity index (χ2n) is 12.3. The lowest BCUT2D eigenvalue weighted by molar-refractivity contribution is 0.00578. The van der Waals surface area contributed by atoms with E-state index in [9.17, 15) is 18.3 Å². The Bertz CT molecular complexity index is 1800. The van der Waals surface area contributed by atoms with Gasteiger partial charge in [0.25, 0.3) is 15.9 Å². The fourth-order valence-electron chi connectivity index (χ4n) is 5.03. The molecule has 3 heterocycles. The van der Waals surface area contributed by atoms with Crippen LogP contribution in [0.5, 0.6) is 0 Å². The van der Waals surface area contributed by atoms with E-state index in [4.69, 9.17) is 14.3 Å². The minimum Gasteiger partial charge on any atom is -0.398 e. The van der Waals surface area contributed by atoms with Crippen molar-refractivity contribution in [1.82, 2.24) is 18.8 Å². The zero-order valence-corrected chi connectivity index (χ0v) is 26.6. The van der Waals surface area contributed by atoms with Gasteiger partial charge in [-0.05, 0) is 77.8 Å². The molecule has 5 rings (SSSR count). The summed E-state index contributed by atoms with van der Waals surface area (Å²) < 4.78 is 41.3. The summed E-state index contributed by atoms with van der Waals surface area (Å²) in [6.45, 7) is 13.3. The lowest BCUT2D eigenvalue weighted by Crippen LogP contribution is -2.41. The second kappa shape index (κ2) is 10.9. The smallest absolute Gasteiger partial charge is 0.398 e. The molecular formula is C31H37BN4O6S. The molecule has 1 saturated heterocycles. The molecule has 0 bridgehead atoms. The van der Waals surface area contributed by atoms with E-state index in [1.807, 2.05) is 47.6 Å². The van der Waals surface area contributed by atoms with E-state index in [0.29, 0.717) is 33.4 Å². The highest BCUT2D eigenvalue weighted by molar-refractivity contribution is 7.90. The molecule has 0 saturated carbocycles. The van der Waals surface area contributed by atoms with E-state index in [2.05, 4.69) is 4.98 Å². The molecule has 4 aromatic rings. The number of amides is 1. The first-order valence-electron chi connectivity index (χ1n) is 14.1. The van der Waals surface area contributed by atoms with Crippen molar-refractivity contribution in [3.63, 3.8) is 0 Å². The Hall–Kier alpha value is -3.58. The SMILES string of the molecule is Cc1ccc(S(=O)(=O)n2cc(-c3ccc(C(=O)N(C)C[C@@H](C)O)c(C)c3)c3nc(B4OC(C)(C)C(C)(C)O4)cnc32)cc1. The summed E-state index contributed by atoms with van der Waals surface area (Å²) in [6, 6.07) is 11.9. The van der Waals surface area contributed by atoms with Gasteiger partial charge in [-0.15, -0.1) is 0 Å². The van der Waals surface area contributed by atoms with Crippen LogP contribution in [0.15, 0.2) is 59.8 Å². The molecule has 2 aromatic heterocycles. The average molecular weight is 605 g/mol. The van der Waals surface area contributed by atoms with E-state index in [1.165, 1.54) is 17.3 Å². The highest BCUT2D eigenvalue weighted by Crippen LogP contribution is 2.37. The van der Waals surface area contributed by atoms with Crippen molar-refractivity contribution in [2.24, 2.45) is 0 Å². The zero-order chi connectivity index (χ0) is 31.5. The predicted molar refractivity (Wildman–Crippen MR) is 166 cm³/mol. The number of aromatic nitrogens is 3. The molecule has 43 heavy (non-hydrogen) atoms. The molecule has 1 atom stereocenters. The number of likely N-dealkylation sites (N-methyl/N-ethyl adjacent to an activating group) is 1. The van der Waals surface area contributed by atoms with Crippen molar-refractivity contribution < 1.29 is 27.6 Å². The van der Waals surface area contributed by atoms with Gasteiger partial charge in [-0.3, -0.25) is 9.78 Å². The first-order chi connectivity index (χ1) is 20.0. The summed E-state index contributed by atoms with van der Waals surface area (Å²) in [7, 11) is -3.18. The molecule has 1 amide bonds. The number of aliphatic hydroxyl groups is 1. The molecule has 1 fully saturated rings. The zero-order valence-electron chi connectivity index (χ0n) is 25.7. The number of hydrogen-bond acceptors (Lipinski definition) is 8. The standard InChI is InChI=1S/C31H37BN4O6S/c1-19-9-12-23(13-10-19)43(39,40)36-18-25(22-11-14-24(20(2)15-22)29(38)35(8)17-21(3)37)27-28(36)33-16-26(34-27)32-41-30(4,5)31(6,7)42-32/h9-16,18,21,37H,17H2,1-8H3/t21-/m1/s1. The van der Waals surface area contributed by atoms with Gasteiger partial charge >= 0.3 is 7.12 Å². The normalized spacial score (nSPS) is 16.9. The first kappa shape index (κ1) is 30.9. The van der Waals surface area contributed by atoms with Gasteiger partial charge in [0, 0.05) is 37.1 Å². The van der Waals surface area contributed by atoms with Crippen LogP contribution >= 0.6 is 0 Å². The van der Waals surface area contributed by atoms with Crippen molar-refractivity contribution in [1.29, 1.82) is 0 Å². The van der Waals surface area contributed by atoms with Crippen molar-refractivity contribution >= 4 is 39.8 Å². The fraction of sp³-hybridized carbons (Fsp3) is 0.387. The lowest BCUT2D eigenvalue weighted by Gasteiger charge is -2.32. The molecule has 10 nitrogen and oxygen atoms in total. The number of aliphatic hydroxyl groups excluding tert-OH is 1. The first-order valence-corrected chi connectivity index (χ1v) is 15.6. The third-order valence-electron chi connectivity index (χ3n) is 8.21. The number of nitrogens with zero attached hydrogens (tertiary/aromatic N) is 4. The summed E-state index contributed by atoms with van der Waals surface area (Å²) in [6.07, 6.45) is 2.34. The third kappa shape index (κ3) is 5.60. The molecule has 1 N–H and O–H groups in total. The average Bonchev–Trinajstić information content (AvgIpc) is 3.41. The maximum Gasteiger partial charge on any atom is 0.516 e. The van der Waals surface area contributed by atoms with Crippen LogP contribution in [-0.2, 0) is 19.3 Å². The van der Waals surface area contributed by atoms with Crippen LogP contribution in [0.25, 0.3) is 22.3 Å². The Morgan fingerprint density at radius 3 is 2.28 bits per heavy atom.